The van der Waals surface area contributed by atoms with Gasteiger partial charge in [0.25, 0.3) is 0 Å². The summed E-state index contributed by atoms with van der Waals surface area (Å²) in [5, 5.41) is 25.9. The van der Waals surface area contributed by atoms with Crippen molar-refractivity contribution in [3.05, 3.63) is 0 Å². The van der Waals surface area contributed by atoms with Crippen LogP contribution in [0.25, 0.3) is 0 Å². The van der Waals surface area contributed by atoms with E-state index in [2.05, 4.69) is 21.3 Å². The highest BCUT2D eigenvalue weighted by Gasteiger charge is 2.50. The van der Waals surface area contributed by atoms with Gasteiger partial charge < -0.3 is 21.1 Å². The SMILES string of the molecule is OC1(C2CCCCN2)NC2CCNCC2N=C1C1CCCCN1. The van der Waals surface area contributed by atoms with Gasteiger partial charge in [0.1, 0.15) is 0 Å². The van der Waals surface area contributed by atoms with Gasteiger partial charge in [-0.25, -0.2) is 0 Å². The summed E-state index contributed by atoms with van der Waals surface area (Å²) >= 11 is 0. The van der Waals surface area contributed by atoms with Crippen molar-refractivity contribution in [1.29, 1.82) is 0 Å². The van der Waals surface area contributed by atoms with Gasteiger partial charge in [-0.15, -0.1) is 0 Å². The van der Waals surface area contributed by atoms with E-state index in [1.54, 1.807) is 0 Å². The lowest BCUT2D eigenvalue weighted by Crippen LogP contribution is -2.75. The van der Waals surface area contributed by atoms with E-state index < -0.39 is 5.72 Å². The minimum atomic E-state index is -0.992. The van der Waals surface area contributed by atoms with Gasteiger partial charge >= 0.3 is 0 Å². The van der Waals surface area contributed by atoms with Crippen molar-refractivity contribution in [3.63, 3.8) is 0 Å². The Morgan fingerprint density at radius 3 is 2.52 bits per heavy atom. The third kappa shape index (κ3) is 3.07. The summed E-state index contributed by atoms with van der Waals surface area (Å²) in [7, 11) is 0. The maximum atomic E-state index is 11.7. The second-order valence-corrected chi connectivity index (χ2v) is 7.60. The Morgan fingerprint density at radius 1 is 0.957 bits per heavy atom. The van der Waals surface area contributed by atoms with Gasteiger partial charge in [0, 0.05) is 18.6 Å². The van der Waals surface area contributed by atoms with Crippen molar-refractivity contribution < 1.29 is 5.11 Å². The van der Waals surface area contributed by atoms with Crippen molar-refractivity contribution in [2.75, 3.05) is 26.2 Å². The number of aliphatic hydroxyl groups is 1. The molecule has 5 N–H and O–H groups in total. The first-order valence-electron chi connectivity index (χ1n) is 9.53. The standard InChI is InChI=1S/C17H31N5O/c23-17(15-6-2-4-9-20-15)16(13-5-1-3-8-19-13)21-14-11-18-10-7-12(14)22-17/h12-15,18-20,22-23H,1-11H2. The van der Waals surface area contributed by atoms with E-state index in [-0.39, 0.29) is 24.2 Å². The van der Waals surface area contributed by atoms with Crippen molar-refractivity contribution in [1.82, 2.24) is 21.3 Å². The van der Waals surface area contributed by atoms with E-state index >= 15 is 0 Å². The zero-order valence-electron chi connectivity index (χ0n) is 14.0. The van der Waals surface area contributed by atoms with Gasteiger partial charge in [0.15, 0.2) is 5.72 Å². The molecule has 4 rings (SSSR count). The average Bonchev–Trinajstić information content (AvgIpc) is 2.62. The molecule has 0 spiro atoms. The number of rotatable bonds is 2. The van der Waals surface area contributed by atoms with Crippen LogP contribution in [-0.2, 0) is 0 Å². The molecule has 3 fully saturated rings. The lowest BCUT2D eigenvalue weighted by atomic mass is 9.81. The number of fused-ring (bicyclic) bond motifs is 1. The lowest BCUT2D eigenvalue weighted by Gasteiger charge is -2.50. The zero-order valence-corrected chi connectivity index (χ0v) is 14.0. The summed E-state index contributed by atoms with van der Waals surface area (Å²) in [5.41, 5.74) is -0.0324. The van der Waals surface area contributed by atoms with E-state index in [9.17, 15) is 5.11 Å². The highest BCUT2D eigenvalue weighted by molar-refractivity contribution is 5.98. The van der Waals surface area contributed by atoms with Gasteiger partial charge in [-0.1, -0.05) is 12.8 Å². The molecule has 130 valence electrons. The molecule has 0 aromatic heterocycles. The molecular weight excluding hydrogens is 290 g/mol. The Kier molecular flexibility index (Phi) is 4.70. The molecule has 6 heteroatoms. The zero-order chi connectivity index (χ0) is 15.7. The third-order valence-electron chi connectivity index (χ3n) is 6.01. The van der Waals surface area contributed by atoms with Crippen LogP contribution in [0.3, 0.4) is 0 Å². The normalized spacial score (nSPS) is 45.2. The van der Waals surface area contributed by atoms with E-state index in [4.69, 9.17) is 4.99 Å². The van der Waals surface area contributed by atoms with Gasteiger partial charge in [-0.05, 0) is 51.7 Å². The number of piperidine rings is 3. The molecule has 0 aromatic carbocycles. The first kappa shape index (κ1) is 16.0. The smallest absolute Gasteiger partial charge is 0.172 e. The van der Waals surface area contributed by atoms with Crippen LogP contribution < -0.4 is 21.3 Å². The van der Waals surface area contributed by atoms with Crippen LogP contribution in [0, 0.1) is 0 Å². The Balaban J connectivity index is 1.64. The molecule has 23 heavy (non-hydrogen) atoms. The predicted octanol–water partition coefficient (Wildman–Crippen LogP) is -0.266. The lowest BCUT2D eigenvalue weighted by molar-refractivity contribution is -0.00293. The van der Waals surface area contributed by atoms with Crippen LogP contribution in [0.15, 0.2) is 4.99 Å². The molecule has 4 heterocycles. The molecule has 0 aliphatic carbocycles. The van der Waals surface area contributed by atoms with Crippen molar-refractivity contribution in [2.24, 2.45) is 4.99 Å². The molecule has 5 atom stereocenters. The van der Waals surface area contributed by atoms with Crippen molar-refractivity contribution in [2.45, 2.75) is 74.8 Å². The first-order chi connectivity index (χ1) is 11.3. The largest absolute Gasteiger partial charge is 0.369 e. The van der Waals surface area contributed by atoms with E-state index in [0.717, 1.165) is 51.2 Å². The molecule has 5 unspecified atom stereocenters. The summed E-state index contributed by atoms with van der Waals surface area (Å²) in [4.78, 5) is 5.10. The number of nitrogens with zero attached hydrogens (tertiary/aromatic N) is 1. The van der Waals surface area contributed by atoms with Gasteiger partial charge in [-0.3, -0.25) is 10.3 Å². The Hall–Kier alpha value is -0.530. The van der Waals surface area contributed by atoms with E-state index in [1.807, 2.05) is 0 Å². The van der Waals surface area contributed by atoms with Gasteiger partial charge in [-0.2, -0.15) is 0 Å². The average molecular weight is 321 g/mol. The summed E-state index contributed by atoms with van der Waals surface area (Å²) in [6, 6.07) is 0.839. The second-order valence-electron chi connectivity index (χ2n) is 7.60. The molecule has 0 amide bonds. The molecule has 3 saturated heterocycles. The molecule has 0 radical (unpaired) electrons. The predicted molar refractivity (Wildman–Crippen MR) is 91.9 cm³/mol. The highest BCUT2D eigenvalue weighted by Crippen LogP contribution is 2.29. The number of aliphatic imine (C=N–C) groups is 1. The van der Waals surface area contributed by atoms with Crippen LogP contribution in [-0.4, -0.2) is 66.9 Å². The Morgan fingerprint density at radius 2 is 1.78 bits per heavy atom. The molecule has 0 aromatic rings. The van der Waals surface area contributed by atoms with Crippen LogP contribution in [0.2, 0.25) is 0 Å². The summed E-state index contributed by atoms with van der Waals surface area (Å²) in [6.45, 7) is 3.96. The fourth-order valence-electron chi connectivity index (χ4n) is 4.71. The van der Waals surface area contributed by atoms with Gasteiger partial charge in [0.2, 0.25) is 0 Å². The fourth-order valence-corrected chi connectivity index (χ4v) is 4.71. The van der Waals surface area contributed by atoms with Crippen LogP contribution >= 0.6 is 0 Å². The quantitative estimate of drug-likeness (QED) is 0.484. The first-order valence-corrected chi connectivity index (χ1v) is 9.53. The number of hydrogen-bond acceptors (Lipinski definition) is 6. The summed E-state index contributed by atoms with van der Waals surface area (Å²) in [5.74, 6) is 0. The molecule has 6 nitrogen and oxygen atoms in total. The highest BCUT2D eigenvalue weighted by atomic mass is 16.3. The molecule has 0 saturated carbocycles. The van der Waals surface area contributed by atoms with Crippen molar-refractivity contribution in [3.8, 4) is 0 Å². The maximum Gasteiger partial charge on any atom is 0.172 e. The molecular formula is C17H31N5O. The van der Waals surface area contributed by atoms with Crippen molar-refractivity contribution >= 4 is 5.71 Å². The molecule has 4 aliphatic heterocycles. The Labute approximate surface area is 138 Å². The second kappa shape index (κ2) is 6.76. The molecule has 4 aliphatic rings. The van der Waals surface area contributed by atoms with E-state index in [0.29, 0.717) is 0 Å². The third-order valence-corrected chi connectivity index (χ3v) is 6.01. The number of nitrogens with one attached hydrogen (secondary N) is 4. The summed E-state index contributed by atoms with van der Waals surface area (Å²) in [6.07, 6.45) is 7.97. The monoisotopic (exact) mass is 321 g/mol. The van der Waals surface area contributed by atoms with Crippen LogP contribution in [0.1, 0.15) is 44.9 Å². The minimum absolute atomic E-state index is 0.0783. The minimum Gasteiger partial charge on any atom is -0.369 e. The van der Waals surface area contributed by atoms with Gasteiger partial charge in [0.05, 0.1) is 17.8 Å². The number of hydrogen-bond donors (Lipinski definition) is 5. The van der Waals surface area contributed by atoms with E-state index in [1.165, 1.54) is 25.7 Å². The fraction of sp³-hybridized carbons (Fsp3) is 0.941. The molecule has 0 bridgehead atoms. The van der Waals surface area contributed by atoms with Crippen LogP contribution in [0.4, 0.5) is 0 Å². The maximum absolute atomic E-state index is 11.7. The van der Waals surface area contributed by atoms with Crippen LogP contribution in [0.5, 0.6) is 0 Å². The summed E-state index contributed by atoms with van der Waals surface area (Å²) < 4.78 is 0. The topological polar surface area (TPSA) is 80.7 Å². The Bertz CT molecular complexity index is 444.